The lowest BCUT2D eigenvalue weighted by molar-refractivity contribution is -0.118. The molecule has 1 aromatic heterocycles. The lowest BCUT2D eigenvalue weighted by atomic mass is 10.1. The third-order valence-corrected chi connectivity index (χ3v) is 5.63. The third-order valence-electron chi connectivity index (χ3n) is 4.59. The number of hydrogen-bond donors (Lipinski definition) is 2. The molecule has 0 spiro atoms. The number of nitriles is 1. The van der Waals surface area contributed by atoms with Crippen molar-refractivity contribution < 1.29 is 9.53 Å². The molecule has 6 nitrogen and oxygen atoms in total. The molecular formula is C24H15Cl3N4O2. The summed E-state index contributed by atoms with van der Waals surface area (Å²) in [6.07, 6.45) is 1.67. The fraction of sp³-hybridized carbons (Fsp3) is 0.0417. The summed E-state index contributed by atoms with van der Waals surface area (Å²) in [4.78, 5) is 19.7. The van der Waals surface area contributed by atoms with E-state index in [0.29, 0.717) is 43.5 Å². The van der Waals surface area contributed by atoms with Crippen molar-refractivity contribution >= 4 is 69.1 Å². The standard InChI is InChI=1S/C24H15Cl3N4O2/c25-17-7-6-16(11-18(17)26)29-23(32)13-33-22-8-5-14(10-19(22)27)9-15(12-28)24-30-20-3-1-2-4-21(20)31-24/h1-11H,13H2,(H,29,32)(H,30,31)/b15-9+. The highest BCUT2D eigenvalue weighted by Crippen LogP contribution is 2.28. The molecule has 4 aromatic rings. The molecular weight excluding hydrogens is 483 g/mol. The Bertz CT molecular complexity index is 1390. The zero-order valence-electron chi connectivity index (χ0n) is 16.9. The van der Waals surface area contributed by atoms with Crippen LogP contribution in [0.25, 0.3) is 22.7 Å². The maximum atomic E-state index is 12.2. The number of amides is 1. The number of H-pyrrole nitrogens is 1. The van der Waals surface area contributed by atoms with Crippen molar-refractivity contribution in [2.45, 2.75) is 0 Å². The van der Waals surface area contributed by atoms with Gasteiger partial charge in [0.1, 0.15) is 17.6 Å². The topological polar surface area (TPSA) is 90.8 Å². The maximum Gasteiger partial charge on any atom is 0.262 e. The number of halogens is 3. The molecule has 0 atom stereocenters. The number of nitrogens with zero attached hydrogens (tertiary/aromatic N) is 2. The lowest BCUT2D eigenvalue weighted by Crippen LogP contribution is -2.20. The quantitative estimate of drug-likeness (QED) is 0.293. The number of rotatable bonds is 6. The lowest BCUT2D eigenvalue weighted by Gasteiger charge is -2.10. The van der Waals surface area contributed by atoms with Crippen molar-refractivity contribution in [2.24, 2.45) is 0 Å². The van der Waals surface area contributed by atoms with Gasteiger partial charge in [-0.25, -0.2) is 4.98 Å². The zero-order valence-corrected chi connectivity index (χ0v) is 19.2. The van der Waals surface area contributed by atoms with Gasteiger partial charge in [0, 0.05) is 5.69 Å². The molecule has 0 saturated heterocycles. The molecule has 2 N–H and O–H groups in total. The highest BCUT2D eigenvalue weighted by Gasteiger charge is 2.11. The normalized spacial score (nSPS) is 11.3. The van der Waals surface area contributed by atoms with Gasteiger partial charge in [0.25, 0.3) is 5.91 Å². The Hall–Kier alpha value is -3.50. The van der Waals surface area contributed by atoms with Crippen molar-refractivity contribution in [3.8, 4) is 11.8 Å². The number of anilines is 1. The molecule has 0 fully saturated rings. The Labute approximate surface area is 204 Å². The minimum Gasteiger partial charge on any atom is -0.482 e. The Kier molecular flexibility index (Phi) is 6.85. The summed E-state index contributed by atoms with van der Waals surface area (Å²) in [5.41, 5.74) is 3.16. The Morgan fingerprint density at radius 2 is 1.88 bits per heavy atom. The van der Waals surface area contributed by atoms with Crippen LogP contribution in [-0.4, -0.2) is 22.5 Å². The highest BCUT2D eigenvalue weighted by molar-refractivity contribution is 6.42. The second kappa shape index (κ2) is 9.97. The van der Waals surface area contributed by atoms with Gasteiger partial charge in [-0.1, -0.05) is 53.0 Å². The molecule has 4 rings (SSSR count). The first-order valence-corrected chi connectivity index (χ1v) is 10.8. The molecule has 1 amide bonds. The molecule has 33 heavy (non-hydrogen) atoms. The van der Waals surface area contributed by atoms with Crippen molar-refractivity contribution in [3.05, 3.63) is 87.1 Å². The van der Waals surface area contributed by atoms with Gasteiger partial charge in [0.2, 0.25) is 0 Å². The van der Waals surface area contributed by atoms with E-state index in [1.807, 2.05) is 24.3 Å². The van der Waals surface area contributed by atoms with Gasteiger partial charge < -0.3 is 15.0 Å². The molecule has 164 valence electrons. The first kappa shape index (κ1) is 22.7. The van der Waals surface area contributed by atoms with Crippen molar-refractivity contribution in [2.75, 3.05) is 11.9 Å². The summed E-state index contributed by atoms with van der Waals surface area (Å²) in [6.45, 7) is -0.252. The van der Waals surface area contributed by atoms with Gasteiger partial charge in [0.15, 0.2) is 6.61 Å². The number of imidazole rings is 1. The minimum atomic E-state index is -0.384. The van der Waals surface area contributed by atoms with Crippen molar-refractivity contribution in [1.29, 1.82) is 5.26 Å². The third kappa shape index (κ3) is 5.47. The van der Waals surface area contributed by atoms with Crippen LogP contribution in [0.4, 0.5) is 5.69 Å². The summed E-state index contributed by atoms with van der Waals surface area (Å²) >= 11 is 18.1. The zero-order chi connectivity index (χ0) is 23.4. The number of benzene rings is 3. The van der Waals surface area contributed by atoms with Gasteiger partial charge in [-0.05, 0) is 54.1 Å². The number of carbonyl (C=O) groups is 1. The van der Waals surface area contributed by atoms with E-state index in [1.165, 1.54) is 0 Å². The summed E-state index contributed by atoms with van der Waals surface area (Å²) in [7, 11) is 0. The van der Waals surface area contributed by atoms with Crippen LogP contribution in [0.2, 0.25) is 15.1 Å². The van der Waals surface area contributed by atoms with Gasteiger partial charge in [0.05, 0.1) is 31.7 Å². The molecule has 0 aliphatic rings. The molecule has 1 heterocycles. The van der Waals surface area contributed by atoms with Gasteiger partial charge in [-0.3, -0.25) is 4.79 Å². The van der Waals surface area contributed by atoms with Crippen LogP contribution in [0.1, 0.15) is 11.4 Å². The van der Waals surface area contributed by atoms with Crippen molar-refractivity contribution in [3.63, 3.8) is 0 Å². The molecule has 0 aliphatic heterocycles. The smallest absolute Gasteiger partial charge is 0.262 e. The fourth-order valence-corrected chi connectivity index (χ4v) is 3.58. The average molecular weight is 498 g/mol. The predicted molar refractivity (Wildman–Crippen MR) is 132 cm³/mol. The summed E-state index contributed by atoms with van der Waals surface area (Å²) in [6, 6.07) is 19.5. The van der Waals surface area contributed by atoms with E-state index in [0.717, 1.165) is 11.0 Å². The van der Waals surface area contributed by atoms with Crippen LogP contribution in [0.3, 0.4) is 0 Å². The molecule has 9 heteroatoms. The Morgan fingerprint density at radius 3 is 2.61 bits per heavy atom. The van der Waals surface area contributed by atoms with E-state index in [-0.39, 0.29) is 12.5 Å². The Balaban J connectivity index is 1.44. The largest absolute Gasteiger partial charge is 0.482 e. The summed E-state index contributed by atoms with van der Waals surface area (Å²) in [5, 5.41) is 13.3. The first-order valence-electron chi connectivity index (χ1n) is 9.67. The number of fused-ring (bicyclic) bond motifs is 1. The van der Waals surface area contributed by atoms with E-state index in [2.05, 4.69) is 21.4 Å². The molecule has 0 radical (unpaired) electrons. The number of allylic oxidation sites excluding steroid dienone is 1. The van der Waals surface area contributed by atoms with Crippen LogP contribution in [0, 0.1) is 11.3 Å². The Morgan fingerprint density at radius 1 is 1.06 bits per heavy atom. The van der Waals surface area contributed by atoms with Crippen LogP contribution in [0.15, 0.2) is 60.7 Å². The molecule has 0 bridgehead atoms. The number of para-hydroxylation sites is 2. The van der Waals surface area contributed by atoms with Gasteiger partial charge in [-0.2, -0.15) is 5.26 Å². The average Bonchev–Trinajstić information content (AvgIpc) is 3.23. The van der Waals surface area contributed by atoms with Crippen LogP contribution >= 0.6 is 34.8 Å². The molecule has 0 saturated carbocycles. The van der Waals surface area contributed by atoms with Gasteiger partial charge >= 0.3 is 0 Å². The first-order chi connectivity index (χ1) is 15.9. The fourth-order valence-electron chi connectivity index (χ4n) is 3.04. The molecule has 3 aromatic carbocycles. The number of aromatic nitrogens is 2. The summed E-state index contributed by atoms with van der Waals surface area (Å²) < 4.78 is 5.53. The van der Waals surface area contributed by atoms with E-state index >= 15 is 0 Å². The van der Waals surface area contributed by atoms with E-state index in [9.17, 15) is 10.1 Å². The van der Waals surface area contributed by atoms with Crippen LogP contribution in [-0.2, 0) is 4.79 Å². The number of aromatic amines is 1. The molecule has 0 unspecified atom stereocenters. The SMILES string of the molecule is N#C/C(=C\c1ccc(OCC(=O)Nc2ccc(Cl)c(Cl)c2)c(Cl)c1)c1nc2ccccc2[nH]1. The molecule has 0 aliphatic carbocycles. The number of nitrogens with one attached hydrogen (secondary N) is 2. The monoisotopic (exact) mass is 496 g/mol. The summed E-state index contributed by atoms with van der Waals surface area (Å²) in [5.74, 6) is 0.416. The second-order valence-corrected chi connectivity index (χ2v) is 8.15. The van der Waals surface area contributed by atoms with E-state index in [4.69, 9.17) is 39.5 Å². The number of ether oxygens (including phenoxy) is 1. The van der Waals surface area contributed by atoms with E-state index in [1.54, 1.807) is 42.5 Å². The van der Waals surface area contributed by atoms with Crippen molar-refractivity contribution in [1.82, 2.24) is 9.97 Å². The maximum absolute atomic E-state index is 12.2. The minimum absolute atomic E-state index is 0.252. The number of hydrogen-bond acceptors (Lipinski definition) is 4. The second-order valence-electron chi connectivity index (χ2n) is 6.93. The predicted octanol–water partition coefficient (Wildman–Crippen LogP) is 6.60. The van der Waals surface area contributed by atoms with Gasteiger partial charge in [-0.15, -0.1) is 0 Å². The van der Waals surface area contributed by atoms with E-state index < -0.39 is 0 Å². The number of carbonyl (C=O) groups excluding carboxylic acids is 1. The van der Waals surface area contributed by atoms with Crippen LogP contribution < -0.4 is 10.1 Å². The van der Waals surface area contributed by atoms with Crippen LogP contribution in [0.5, 0.6) is 5.75 Å². The highest BCUT2D eigenvalue weighted by atomic mass is 35.5.